The average Bonchev–Trinajstić information content (AvgIpc) is 2.62. The molecular formula is C11H10NaO4. The van der Waals surface area contributed by atoms with Crippen LogP contribution in [0.2, 0.25) is 0 Å². The predicted octanol–water partition coefficient (Wildman–Crippen LogP) is 0.995. The Morgan fingerprint density at radius 3 is 2.50 bits per heavy atom. The summed E-state index contributed by atoms with van der Waals surface area (Å²) in [5, 5.41) is 8.93. The number of cyclic esters (lactones) is 1. The zero-order valence-corrected chi connectivity index (χ0v) is 10.9. The monoisotopic (exact) mass is 229 g/mol. The molecule has 4 nitrogen and oxygen atoms in total. The maximum Gasteiger partial charge on any atom is 0.311 e. The number of carboxylic acid groups (broad SMARTS) is 1. The quantitative estimate of drug-likeness (QED) is 0.606. The molecule has 1 aromatic rings. The first kappa shape index (κ1) is 13.2. The third-order valence-electron chi connectivity index (χ3n) is 2.46. The molecule has 0 aliphatic carbocycles. The van der Waals surface area contributed by atoms with Crippen LogP contribution >= 0.6 is 0 Å². The Morgan fingerprint density at radius 1 is 1.31 bits per heavy atom. The first-order chi connectivity index (χ1) is 7.18. The molecule has 2 unspecified atom stereocenters. The fraction of sp³-hybridized carbons (Fsp3) is 0.273. The summed E-state index contributed by atoms with van der Waals surface area (Å²) < 4.78 is 5.00. The van der Waals surface area contributed by atoms with Crippen molar-refractivity contribution in [2.75, 3.05) is 0 Å². The predicted molar refractivity (Wildman–Crippen MR) is 56.8 cm³/mol. The minimum Gasteiger partial charge on any atom is -0.481 e. The number of esters is 1. The second kappa shape index (κ2) is 5.48. The van der Waals surface area contributed by atoms with Crippen LogP contribution < -0.4 is 0 Å². The topological polar surface area (TPSA) is 63.6 Å². The number of hydrogen-bond acceptors (Lipinski definition) is 3. The molecule has 0 spiro atoms. The Kier molecular flexibility index (Phi) is 4.53. The van der Waals surface area contributed by atoms with Gasteiger partial charge in [0.1, 0.15) is 12.0 Å². The van der Waals surface area contributed by atoms with E-state index in [2.05, 4.69) is 0 Å². The molecule has 2 atom stereocenters. The summed E-state index contributed by atoms with van der Waals surface area (Å²) in [4.78, 5) is 22.0. The number of carboxylic acids is 1. The van der Waals surface area contributed by atoms with Crippen molar-refractivity contribution in [2.45, 2.75) is 12.5 Å². The van der Waals surface area contributed by atoms with Crippen molar-refractivity contribution >= 4 is 41.5 Å². The van der Waals surface area contributed by atoms with Crippen LogP contribution in [0.5, 0.6) is 0 Å². The summed E-state index contributed by atoms with van der Waals surface area (Å²) >= 11 is 0. The van der Waals surface area contributed by atoms with Crippen LogP contribution in [0.3, 0.4) is 0 Å². The van der Waals surface area contributed by atoms with E-state index in [1.54, 1.807) is 24.3 Å². The van der Waals surface area contributed by atoms with Gasteiger partial charge in [0, 0.05) is 29.6 Å². The zero-order valence-electron chi connectivity index (χ0n) is 8.92. The zero-order chi connectivity index (χ0) is 10.8. The van der Waals surface area contributed by atoms with E-state index in [1.165, 1.54) is 0 Å². The van der Waals surface area contributed by atoms with Crippen LogP contribution in [-0.2, 0) is 14.3 Å². The summed E-state index contributed by atoms with van der Waals surface area (Å²) in [7, 11) is 0. The molecule has 5 heteroatoms. The Hall–Kier alpha value is -0.840. The molecule has 0 bridgehead atoms. The molecule has 2 rings (SSSR count). The van der Waals surface area contributed by atoms with Crippen LogP contribution in [0, 0.1) is 5.92 Å². The largest absolute Gasteiger partial charge is 0.481 e. The molecule has 0 saturated carbocycles. The van der Waals surface area contributed by atoms with Gasteiger partial charge in [-0.15, -0.1) is 0 Å². The van der Waals surface area contributed by atoms with E-state index in [0.29, 0.717) is 0 Å². The standard InChI is InChI=1S/C11H10O4.Na/c12-9-6-8(11(13)14)10(15-9)7-4-2-1-3-5-7;/h1-5,8,10H,6H2,(H,13,14);. The van der Waals surface area contributed by atoms with E-state index in [-0.39, 0.29) is 36.0 Å². The average molecular weight is 229 g/mol. The molecule has 1 aliphatic rings. The van der Waals surface area contributed by atoms with Crippen LogP contribution in [0.4, 0.5) is 0 Å². The molecule has 1 saturated heterocycles. The molecule has 1 heterocycles. The summed E-state index contributed by atoms with van der Waals surface area (Å²) in [6, 6.07) is 8.94. The Labute approximate surface area is 115 Å². The molecule has 1 radical (unpaired) electrons. The minimum atomic E-state index is -0.991. The molecule has 16 heavy (non-hydrogen) atoms. The van der Waals surface area contributed by atoms with E-state index in [9.17, 15) is 9.59 Å². The smallest absolute Gasteiger partial charge is 0.311 e. The molecule has 1 aromatic carbocycles. The number of ether oxygens (including phenoxy) is 1. The molecule has 1 N–H and O–H groups in total. The van der Waals surface area contributed by atoms with Gasteiger partial charge in [-0.3, -0.25) is 9.59 Å². The van der Waals surface area contributed by atoms with Crippen molar-refractivity contribution in [3.05, 3.63) is 35.9 Å². The second-order valence-corrected chi connectivity index (χ2v) is 3.47. The summed E-state index contributed by atoms with van der Waals surface area (Å²) in [5.74, 6) is -2.20. The van der Waals surface area contributed by atoms with Gasteiger partial charge in [-0.25, -0.2) is 0 Å². The van der Waals surface area contributed by atoms with Gasteiger partial charge in [0.05, 0.1) is 6.42 Å². The van der Waals surface area contributed by atoms with Gasteiger partial charge in [-0.05, 0) is 5.56 Å². The Morgan fingerprint density at radius 2 is 1.94 bits per heavy atom. The number of benzene rings is 1. The van der Waals surface area contributed by atoms with Crippen LogP contribution in [0.15, 0.2) is 30.3 Å². The molecule has 0 aromatic heterocycles. The van der Waals surface area contributed by atoms with E-state index in [4.69, 9.17) is 9.84 Å². The van der Waals surface area contributed by atoms with E-state index < -0.39 is 24.0 Å². The Bertz CT molecular complexity index is 390. The van der Waals surface area contributed by atoms with Crippen molar-refractivity contribution in [1.82, 2.24) is 0 Å². The van der Waals surface area contributed by atoms with Gasteiger partial charge in [0.2, 0.25) is 0 Å². The molecular weight excluding hydrogens is 219 g/mol. The molecule has 1 aliphatic heterocycles. The number of rotatable bonds is 2. The van der Waals surface area contributed by atoms with Gasteiger partial charge in [-0.1, -0.05) is 30.3 Å². The maximum absolute atomic E-state index is 11.1. The van der Waals surface area contributed by atoms with Crippen LogP contribution in [0.1, 0.15) is 18.1 Å². The van der Waals surface area contributed by atoms with E-state index in [0.717, 1.165) is 5.56 Å². The van der Waals surface area contributed by atoms with E-state index >= 15 is 0 Å². The number of hydrogen-bond donors (Lipinski definition) is 1. The van der Waals surface area contributed by atoms with Crippen molar-refractivity contribution < 1.29 is 19.4 Å². The van der Waals surface area contributed by atoms with Crippen molar-refractivity contribution in [3.8, 4) is 0 Å². The number of carbonyl (C=O) groups excluding carboxylic acids is 1. The van der Waals surface area contributed by atoms with Gasteiger partial charge in [-0.2, -0.15) is 0 Å². The number of carbonyl (C=O) groups is 2. The van der Waals surface area contributed by atoms with E-state index in [1.807, 2.05) is 6.07 Å². The third-order valence-corrected chi connectivity index (χ3v) is 2.46. The maximum atomic E-state index is 11.1. The fourth-order valence-electron chi connectivity index (χ4n) is 1.72. The van der Waals surface area contributed by atoms with Crippen molar-refractivity contribution in [2.24, 2.45) is 5.92 Å². The van der Waals surface area contributed by atoms with Crippen LogP contribution in [-0.4, -0.2) is 46.6 Å². The van der Waals surface area contributed by atoms with Crippen molar-refractivity contribution in [1.29, 1.82) is 0 Å². The van der Waals surface area contributed by atoms with Gasteiger partial charge >= 0.3 is 11.9 Å². The first-order valence-electron chi connectivity index (χ1n) is 4.65. The van der Waals surface area contributed by atoms with Crippen LogP contribution in [0.25, 0.3) is 0 Å². The summed E-state index contributed by atoms with van der Waals surface area (Å²) in [5.41, 5.74) is 0.732. The minimum absolute atomic E-state index is 0. The molecule has 0 amide bonds. The Balaban J connectivity index is 0.00000128. The van der Waals surface area contributed by atoms with Gasteiger partial charge < -0.3 is 9.84 Å². The first-order valence-corrected chi connectivity index (χ1v) is 4.65. The second-order valence-electron chi connectivity index (χ2n) is 3.47. The SMILES string of the molecule is O=C1CC(C(=O)O)C(c2ccccc2)O1.[Na]. The normalized spacial score (nSPS) is 23.4. The van der Waals surface area contributed by atoms with Crippen molar-refractivity contribution in [3.63, 3.8) is 0 Å². The number of aliphatic carboxylic acids is 1. The summed E-state index contributed by atoms with van der Waals surface area (Å²) in [6.45, 7) is 0. The summed E-state index contributed by atoms with van der Waals surface area (Å²) in [6.07, 6.45) is -0.689. The third kappa shape index (κ3) is 2.64. The molecule has 79 valence electrons. The van der Waals surface area contributed by atoms with Gasteiger partial charge in [0.25, 0.3) is 0 Å². The molecule has 1 fully saturated rings. The van der Waals surface area contributed by atoms with Gasteiger partial charge in [0.15, 0.2) is 0 Å². The fourth-order valence-corrected chi connectivity index (χ4v) is 1.72.